The van der Waals surface area contributed by atoms with E-state index in [0.717, 1.165) is 19.5 Å². The molecule has 0 aliphatic heterocycles. The van der Waals surface area contributed by atoms with E-state index in [2.05, 4.69) is 31.1 Å². The van der Waals surface area contributed by atoms with Gasteiger partial charge in [0.2, 0.25) is 0 Å². The zero-order chi connectivity index (χ0) is 14.4. The van der Waals surface area contributed by atoms with Crippen LogP contribution >= 0.6 is 0 Å². The van der Waals surface area contributed by atoms with E-state index in [0.29, 0.717) is 12.6 Å². The van der Waals surface area contributed by atoms with E-state index in [1.165, 1.54) is 0 Å². The second-order valence-corrected chi connectivity index (χ2v) is 8.78. The van der Waals surface area contributed by atoms with Crippen LogP contribution in [-0.4, -0.2) is 56.5 Å². The van der Waals surface area contributed by atoms with Crippen molar-refractivity contribution in [2.75, 3.05) is 32.4 Å². The average Bonchev–Trinajstić information content (AvgIpc) is 2.25. The molecule has 0 radical (unpaired) electrons. The van der Waals surface area contributed by atoms with Crippen LogP contribution < -0.4 is 5.32 Å². The van der Waals surface area contributed by atoms with E-state index in [-0.39, 0.29) is 5.75 Å². The molecule has 1 unspecified atom stereocenters. The smallest absolute Gasteiger partial charge is 0.156 e. The second-order valence-electron chi connectivity index (χ2n) is 5.92. The molecule has 110 valence electrons. The van der Waals surface area contributed by atoms with Gasteiger partial charge in [-0.25, -0.2) is 8.42 Å². The molecule has 18 heavy (non-hydrogen) atoms. The summed E-state index contributed by atoms with van der Waals surface area (Å²) in [6.07, 6.45) is 1.13. The third-order valence-corrected chi connectivity index (χ3v) is 6.07. The molecule has 0 aliphatic carbocycles. The van der Waals surface area contributed by atoms with E-state index in [4.69, 9.17) is 0 Å². The number of sulfone groups is 1. The zero-order valence-electron chi connectivity index (χ0n) is 12.8. The van der Waals surface area contributed by atoms with Crippen molar-refractivity contribution < 1.29 is 8.42 Å². The van der Waals surface area contributed by atoms with E-state index >= 15 is 0 Å². The number of hydrogen-bond donors (Lipinski definition) is 1. The summed E-state index contributed by atoms with van der Waals surface area (Å²) in [6, 6.07) is 0.574. The fourth-order valence-corrected chi connectivity index (χ4v) is 2.45. The van der Waals surface area contributed by atoms with E-state index < -0.39 is 14.6 Å². The van der Waals surface area contributed by atoms with Crippen LogP contribution in [0.4, 0.5) is 0 Å². The summed E-state index contributed by atoms with van der Waals surface area (Å²) in [5.41, 5.74) is 0. The highest BCUT2D eigenvalue weighted by Crippen LogP contribution is 2.15. The fraction of sp³-hybridized carbons (Fsp3) is 1.00. The molecule has 0 aromatic carbocycles. The van der Waals surface area contributed by atoms with Gasteiger partial charge in [0.1, 0.15) is 0 Å². The molecule has 0 saturated heterocycles. The minimum Gasteiger partial charge on any atom is -0.314 e. The normalized spacial score (nSPS) is 15.1. The van der Waals surface area contributed by atoms with Crippen molar-refractivity contribution in [2.45, 2.75) is 51.8 Å². The van der Waals surface area contributed by atoms with Crippen LogP contribution in [0.15, 0.2) is 0 Å². The largest absolute Gasteiger partial charge is 0.314 e. The van der Waals surface area contributed by atoms with E-state index in [1.807, 2.05) is 0 Å². The summed E-state index contributed by atoms with van der Waals surface area (Å²) >= 11 is 0. The summed E-state index contributed by atoms with van der Waals surface area (Å²) < 4.78 is 23.1. The Bertz CT molecular complexity index is 320. The first-order valence-electron chi connectivity index (χ1n) is 6.75. The standard InChI is InChI=1S/C13H30N2O2S/c1-7-12(2)15(6)10-8-14-9-11-18(16,17)13(3,4)5/h12,14H,7-11H2,1-6H3. The van der Waals surface area contributed by atoms with Crippen LogP contribution in [0.1, 0.15) is 41.0 Å². The molecule has 0 spiro atoms. The maximum absolute atomic E-state index is 11.9. The molecule has 0 fully saturated rings. The van der Waals surface area contributed by atoms with Crippen molar-refractivity contribution in [1.82, 2.24) is 10.2 Å². The second kappa shape index (κ2) is 7.46. The summed E-state index contributed by atoms with van der Waals surface area (Å²) in [7, 11) is -0.897. The van der Waals surface area contributed by atoms with Crippen molar-refractivity contribution in [1.29, 1.82) is 0 Å². The molecule has 0 aliphatic rings. The molecule has 0 aromatic heterocycles. The van der Waals surface area contributed by atoms with Crippen molar-refractivity contribution in [3.63, 3.8) is 0 Å². The molecule has 0 bridgehead atoms. The Morgan fingerprint density at radius 2 is 1.78 bits per heavy atom. The van der Waals surface area contributed by atoms with Gasteiger partial charge in [-0.3, -0.25) is 0 Å². The van der Waals surface area contributed by atoms with E-state index in [9.17, 15) is 8.42 Å². The monoisotopic (exact) mass is 278 g/mol. The van der Waals surface area contributed by atoms with Crippen molar-refractivity contribution in [3.8, 4) is 0 Å². The lowest BCUT2D eigenvalue weighted by atomic mass is 10.2. The Kier molecular flexibility index (Phi) is 7.40. The lowest BCUT2D eigenvalue weighted by Crippen LogP contribution is -2.38. The number of likely N-dealkylation sites (N-methyl/N-ethyl adjacent to an activating group) is 1. The Labute approximate surface area is 113 Å². The first kappa shape index (κ1) is 17.9. The lowest BCUT2D eigenvalue weighted by molar-refractivity contribution is 0.252. The van der Waals surface area contributed by atoms with Gasteiger partial charge in [0.15, 0.2) is 9.84 Å². The van der Waals surface area contributed by atoms with Gasteiger partial charge in [0, 0.05) is 25.7 Å². The molecule has 1 atom stereocenters. The third kappa shape index (κ3) is 6.16. The minimum absolute atomic E-state index is 0.212. The van der Waals surface area contributed by atoms with Gasteiger partial charge in [0.25, 0.3) is 0 Å². The lowest BCUT2D eigenvalue weighted by Gasteiger charge is -2.23. The Hall–Kier alpha value is -0.130. The van der Waals surface area contributed by atoms with Gasteiger partial charge in [-0.15, -0.1) is 0 Å². The zero-order valence-corrected chi connectivity index (χ0v) is 13.6. The topological polar surface area (TPSA) is 49.4 Å². The van der Waals surface area contributed by atoms with Crippen molar-refractivity contribution in [3.05, 3.63) is 0 Å². The predicted octanol–water partition coefficient (Wildman–Crippen LogP) is 1.52. The number of rotatable bonds is 8. The third-order valence-electron chi connectivity index (χ3n) is 3.47. The molecule has 0 heterocycles. The number of hydrogen-bond acceptors (Lipinski definition) is 4. The fourth-order valence-electron chi connectivity index (χ4n) is 1.43. The molecular weight excluding hydrogens is 248 g/mol. The first-order chi connectivity index (χ1) is 8.12. The van der Waals surface area contributed by atoms with Gasteiger partial charge < -0.3 is 10.2 Å². The van der Waals surface area contributed by atoms with Crippen LogP contribution in [-0.2, 0) is 9.84 Å². The van der Waals surface area contributed by atoms with Crippen LogP contribution in [0.25, 0.3) is 0 Å². The van der Waals surface area contributed by atoms with Gasteiger partial charge >= 0.3 is 0 Å². The van der Waals surface area contributed by atoms with Gasteiger partial charge in [-0.05, 0) is 41.2 Å². The summed E-state index contributed by atoms with van der Waals surface area (Å²) in [5.74, 6) is 0.212. The summed E-state index contributed by atoms with van der Waals surface area (Å²) in [5, 5.41) is 3.20. The molecule has 4 nitrogen and oxygen atoms in total. The maximum atomic E-state index is 11.9. The van der Waals surface area contributed by atoms with Gasteiger partial charge in [-0.2, -0.15) is 0 Å². The highest BCUT2D eigenvalue weighted by atomic mass is 32.2. The average molecular weight is 278 g/mol. The molecule has 5 heteroatoms. The Morgan fingerprint density at radius 3 is 2.22 bits per heavy atom. The molecule has 0 amide bonds. The summed E-state index contributed by atoms with van der Waals surface area (Å²) in [6.45, 7) is 11.9. The van der Waals surface area contributed by atoms with Gasteiger partial charge in [-0.1, -0.05) is 6.92 Å². The molecular formula is C13H30N2O2S. The number of nitrogens with zero attached hydrogens (tertiary/aromatic N) is 1. The Morgan fingerprint density at radius 1 is 1.22 bits per heavy atom. The SMILES string of the molecule is CCC(C)N(C)CCNCCS(=O)(=O)C(C)(C)C. The van der Waals surface area contributed by atoms with Crippen LogP contribution in [0.5, 0.6) is 0 Å². The van der Waals surface area contributed by atoms with Crippen molar-refractivity contribution in [2.24, 2.45) is 0 Å². The van der Waals surface area contributed by atoms with Crippen molar-refractivity contribution >= 4 is 9.84 Å². The minimum atomic E-state index is -3.00. The molecule has 1 N–H and O–H groups in total. The molecule has 0 saturated carbocycles. The number of nitrogens with one attached hydrogen (secondary N) is 1. The molecule has 0 rings (SSSR count). The van der Waals surface area contributed by atoms with E-state index in [1.54, 1.807) is 20.8 Å². The van der Waals surface area contributed by atoms with Gasteiger partial charge in [0.05, 0.1) is 10.5 Å². The highest BCUT2D eigenvalue weighted by Gasteiger charge is 2.27. The Balaban J connectivity index is 3.83. The van der Waals surface area contributed by atoms with Crippen LogP contribution in [0.2, 0.25) is 0 Å². The molecule has 0 aromatic rings. The van der Waals surface area contributed by atoms with Crippen LogP contribution in [0, 0.1) is 0 Å². The van der Waals surface area contributed by atoms with Crippen LogP contribution in [0.3, 0.4) is 0 Å². The quantitative estimate of drug-likeness (QED) is 0.684. The maximum Gasteiger partial charge on any atom is 0.156 e. The summed E-state index contributed by atoms with van der Waals surface area (Å²) in [4.78, 5) is 2.28. The predicted molar refractivity (Wildman–Crippen MR) is 78.8 cm³/mol. The first-order valence-corrected chi connectivity index (χ1v) is 8.40. The highest BCUT2D eigenvalue weighted by molar-refractivity contribution is 7.92.